The molecule has 0 radical (unpaired) electrons. The van der Waals surface area contributed by atoms with Crippen molar-refractivity contribution in [3.63, 3.8) is 0 Å². The van der Waals surface area contributed by atoms with Crippen LogP contribution in [-0.4, -0.2) is 6.54 Å². The Morgan fingerprint density at radius 2 is 1.63 bits per heavy atom. The monoisotopic (exact) mass is 313 g/mol. The zero-order valence-electron chi connectivity index (χ0n) is 10.2. The van der Waals surface area contributed by atoms with E-state index >= 15 is 0 Å². The first-order chi connectivity index (χ1) is 9.11. The largest absolute Gasteiger partial charge is 0.330 e. The summed E-state index contributed by atoms with van der Waals surface area (Å²) in [5.41, 5.74) is 8.04. The smallest absolute Gasteiger partial charge is 0.0624 e. The van der Waals surface area contributed by atoms with Gasteiger partial charge in [0.1, 0.15) is 0 Å². The van der Waals surface area contributed by atoms with Gasteiger partial charge in [-0.05, 0) is 42.3 Å². The molecular weight excluding hydrogens is 301 g/mol. The summed E-state index contributed by atoms with van der Waals surface area (Å²) in [4.78, 5) is 0. The summed E-state index contributed by atoms with van der Waals surface area (Å²) < 4.78 is 0. The highest BCUT2D eigenvalue weighted by Gasteiger charge is 2.13. The average molecular weight is 315 g/mol. The summed E-state index contributed by atoms with van der Waals surface area (Å²) in [7, 11) is 0. The predicted octanol–water partition coefficient (Wildman–Crippen LogP) is 4.93. The van der Waals surface area contributed by atoms with Crippen molar-refractivity contribution in [1.82, 2.24) is 0 Å². The van der Waals surface area contributed by atoms with E-state index in [1.165, 1.54) is 0 Å². The Morgan fingerprint density at radius 1 is 0.947 bits per heavy atom. The maximum absolute atomic E-state index is 6.21. The van der Waals surface area contributed by atoms with Gasteiger partial charge in [-0.15, -0.1) is 0 Å². The van der Waals surface area contributed by atoms with E-state index in [-0.39, 0.29) is 5.92 Å². The molecule has 0 amide bonds. The van der Waals surface area contributed by atoms with Gasteiger partial charge in [0.2, 0.25) is 0 Å². The second-order valence-electron chi connectivity index (χ2n) is 4.40. The van der Waals surface area contributed by atoms with Crippen LogP contribution in [-0.2, 0) is 6.42 Å². The minimum absolute atomic E-state index is 0.202. The van der Waals surface area contributed by atoms with E-state index < -0.39 is 0 Å². The molecule has 0 bridgehead atoms. The predicted molar refractivity (Wildman–Crippen MR) is 83.4 cm³/mol. The molecule has 2 aromatic carbocycles. The van der Waals surface area contributed by atoms with Crippen molar-refractivity contribution in [2.24, 2.45) is 5.73 Å². The van der Waals surface area contributed by atoms with Gasteiger partial charge in [0.25, 0.3) is 0 Å². The molecule has 2 aromatic rings. The second kappa shape index (κ2) is 6.62. The minimum atomic E-state index is 0.202. The summed E-state index contributed by atoms with van der Waals surface area (Å²) in [6.07, 6.45) is 0.761. The van der Waals surface area contributed by atoms with Crippen molar-refractivity contribution in [3.05, 3.63) is 68.7 Å². The molecular formula is C15H14Cl3N. The van der Waals surface area contributed by atoms with Crippen LogP contribution in [0.15, 0.2) is 42.5 Å². The third-order valence-electron chi connectivity index (χ3n) is 3.12. The van der Waals surface area contributed by atoms with Gasteiger partial charge >= 0.3 is 0 Å². The standard InChI is InChI=1S/C15H14Cl3N/c16-13-6-4-10(5-7-13)12(9-19)8-11-2-1-3-14(17)15(11)18/h1-7,12H,8-9,19H2. The molecule has 1 nitrogen and oxygen atoms in total. The Hall–Kier alpha value is -0.730. The van der Waals surface area contributed by atoms with Crippen LogP contribution in [0.5, 0.6) is 0 Å². The van der Waals surface area contributed by atoms with Crippen LogP contribution in [0.1, 0.15) is 17.0 Å². The van der Waals surface area contributed by atoms with Gasteiger partial charge in [-0.1, -0.05) is 59.1 Å². The minimum Gasteiger partial charge on any atom is -0.330 e. The quantitative estimate of drug-likeness (QED) is 0.850. The van der Waals surface area contributed by atoms with Crippen molar-refractivity contribution in [2.75, 3.05) is 6.54 Å². The first-order valence-corrected chi connectivity index (χ1v) is 7.13. The number of rotatable bonds is 4. The molecule has 0 aromatic heterocycles. The van der Waals surface area contributed by atoms with Crippen LogP contribution in [0.4, 0.5) is 0 Å². The van der Waals surface area contributed by atoms with Crippen molar-refractivity contribution in [1.29, 1.82) is 0 Å². The normalized spacial score (nSPS) is 12.4. The third kappa shape index (κ3) is 3.64. The molecule has 2 N–H and O–H groups in total. The van der Waals surface area contributed by atoms with Crippen LogP contribution in [0.3, 0.4) is 0 Å². The Bertz CT molecular complexity index is 552. The van der Waals surface area contributed by atoms with Gasteiger partial charge < -0.3 is 5.73 Å². The van der Waals surface area contributed by atoms with Crippen LogP contribution in [0.25, 0.3) is 0 Å². The Balaban J connectivity index is 2.24. The topological polar surface area (TPSA) is 26.0 Å². The molecule has 0 fully saturated rings. The van der Waals surface area contributed by atoms with E-state index in [1.54, 1.807) is 6.07 Å². The molecule has 0 heterocycles. The SMILES string of the molecule is NCC(Cc1cccc(Cl)c1Cl)c1ccc(Cl)cc1. The highest BCUT2D eigenvalue weighted by molar-refractivity contribution is 6.42. The molecule has 0 spiro atoms. The number of benzene rings is 2. The summed E-state index contributed by atoms with van der Waals surface area (Å²) in [5, 5.41) is 1.91. The number of nitrogens with two attached hydrogens (primary N) is 1. The van der Waals surface area contributed by atoms with Crippen LogP contribution < -0.4 is 5.73 Å². The fourth-order valence-electron chi connectivity index (χ4n) is 2.04. The molecule has 0 saturated carbocycles. The van der Waals surface area contributed by atoms with E-state index in [1.807, 2.05) is 36.4 Å². The fraction of sp³-hybridized carbons (Fsp3) is 0.200. The van der Waals surface area contributed by atoms with Gasteiger partial charge in [0, 0.05) is 10.9 Å². The van der Waals surface area contributed by atoms with Gasteiger partial charge in [-0.2, -0.15) is 0 Å². The summed E-state index contributed by atoms with van der Waals surface area (Å²) in [6, 6.07) is 13.4. The molecule has 2 rings (SSSR count). The van der Waals surface area contributed by atoms with Crippen LogP contribution in [0, 0.1) is 0 Å². The van der Waals surface area contributed by atoms with Crippen molar-refractivity contribution in [2.45, 2.75) is 12.3 Å². The Kier molecular flexibility index (Phi) is 5.12. The molecule has 100 valence electrons. The molecule has 0 aliphatic carbocycles. The van der Waals surface area contributed by atoms with Gasteiger partial charge in [-0.25, -0.2) is 0 Å². The van der Waals surface area contributed by atoms with Gasteiger partial charge in [-0.3, -0.25) is 0 Å². The van der Waals surface area contributed by atoms with E-state index in [0.29, 0.717) is 16.6 Å². The molecule has 1 atom stereocenters. The maximum atomic E-state index is 6.21. The first-order valence-electron chi connectivity index (χ1n) is 6.00. The number of halogens is 3. The highest BCUT2D eigenvalue weighted by atomic mass is 35.5. The number of hydrogen-bond acceptors (Lipinski definition) is 1. The van der Waals surface area contributed by atoms with Gasteiger partial charge in [0.15, 0.2) is 0 Å². The second-order valence-corrected chi connectivity index (χ2v) is 5.62. The lowest BCUT2D eigenvalue weighted by molar-refractivity contribution is 0.694. The van der Waals surface area contributed by atoms with Gasteiger partial charge in [0.05, 0.1) is 10.0 Å². The lowest BCUT2D eigenvalue weighted by Crippen LogP contribution is -2.15. The first kappa shape index (κ1) is 14.7. The average Bonchev–Trinajstić information content (AvgIpc) is 2.42. The lowest BCUT2D eigenvalue weighted by Gasteiger charge is -2.16. The molecule has 4 heteroatoms. The number of hydrogen-bond donors (Lipinski definition) is 1. The molecule has 0 aliphatic rings. The third-order valence-corrected chi connectivity index (χ3v) is 4.23. The fourth-order valence-corrected chi connectivity index (χ4v) is 2.57. The molecule has 19 heavy (non-hydrogen) atoms. The van der Waals surface area contributed by atoms with E-state index in [2.05, 4.69) is 0 Å². The Morgan fingerprint density at radius 3 is 2.26 bits per heavy atom. The van der Waals surface area contributed by atoms with Crippen molar-refractivity contribution < 1.29 is 0 Å². The zero-order chi connectivity index (χ0) is 13.8. The maximum Gasteiger partial charge on any atom is 0.0624 e. The van der Waals surface area contributed by atoms with Crippen LogP contribution in [0.2, 0.25) is 15.1 Å². The van der Waals surface area contributed by atoms with Crippen LogP contribution >= 0.6 is 34.8 Å². The molecule has 0 aliphatic heterocycles. The lowest BCUT2D eigenvalue weighted by atomic mass is 9.92. The summed E-state index contributed by atoms with van der Waals surface area (Å²) in [5.74, 6) is 0.202. The summed E-state index contributed by atoms with van der Waals surface area (Å²) >= 11 is 18.1. The van der Waals surface area contributed by atoms with E-state index in [0.717, 1.165) is 22.6 Å². The summed E-state index contributed by atoms with van der Waals surface area (Å²) in [6.45, 7) is 0.546. The molecule has 0 saturated heterocycles. The molecule has 1 unspecified atom stereocenters. The Labute approximate surface area is 128 Å². The zero-order valence-corrected chi connectivity index (χ0v) is 12.5. The van der Waals surface area contributed by atoms with Crippen molar-refractivity contribution in [3.8, 4) is 0 Å². The highest BCUT2D eigenvalue weighted by Crippen LogP contribution is 2.30. The van der Waals surface area contributed by atoms with E-state index in [4.69, 9.17) is 40.5 Å². The van der Waals surface area contributed by atoms with Crippen molar-refractivity contribution >= 4 is 34.8 Å². The van der Waals surface area contributed by atoms with E-state index in [9.17, 15) is 0 Å².